The number of benzene rings is 1. The zero-order chi connectivity index (χ0) is 44.5. The molecule has 63 heavy (non-hydrogen) atoms. The second kappa shape index (κ2) is 21.3. The summed E-state index contributed by atoms with van der Waals surface area (Å²) in [6, 6.07) is 7.59. The normalized spacial score (nSPS) is 23.7. The first kappa shape index (κ1) is 45.6. The van der Waals surface area contributed by atoms with Crippen molar-refractivity contribution in [3.8, 4) is 5.75 Å². The van der Waals surface area contributed by atoms with Crippen LogP contribution in [-0.2, 0) is 23.7 Å². The molecular formula is C37H44FN9O13S3. The Bertz CT molecular complexity index is 2310. The second-order valence-electron chi connectivity index (χ2n) is 14.3. The van der Waals surface area contributed by atoms with Crippen LogP contribution in [0.15, 0.2) is 62.4 Å². The van der Waals surface area contributed by atoms with E-state index in [1.54, 1.807) is 18.3 Å². The summed E-state index contributed by atoms with van der Waals surface area (Å²) in [6.07, 6.45) is -2.74. The first-order chi connectivity index (χ1) is 30.4. The number of thioether (sulfide) groups is 1. The zero-order valence-corrected chi connectivity index (χ0v) is 35.7. The highest BCUT2D eigenvalue weighted by Gasteiger charge is 2.46. The van der Waals surface area contributed by atoms with E-state index in [0.717, 1.165) is 29.6 Å². The standard InChI is InChI=1S/C37H44FN9O13S3/c38-29-31(49)25(59-32(29)46-8-7-27(39)42-35(46)52)17-57-36(53)55-9-11-62-63-12-10-56-37(54)58-21-6-5-19-13-23(33(50)60-24(19)14-21)47-16-20(44-45-47)15-40-28(48)4-2-1-3-26-30-22(18-61-26)41-34(51)43-30/h5-8,13-14,16,22,25-26,29-32,44-45,49H,1-4,9-12,15,17-18H2,(H,40,48)(H2,39,42,52)(H2,41,43,51)/t22?,25-,26?,29-,30?,31-,32-/m1/s1. The maximum absolute atomic E-state index is 14.6. The molecule has 3 saturated heterocycles. The molecule has 3 unspecified atom stereocenters. The van der Waals surface area contributed by atoms with Crippen LogP contribution < -0.4 is 53.7 Å². The number of urea groups is 1. The molecule has 7 atom stereocenters. The van der Waals surface area contributed by atoms with E-state index in [1.807, 2.05) is 11.8 Å². The van der Waals surface area contributed by atoms with Gasteiger partial charge in [0.2, 0.25) is 5.91 Å². The van der Waals surface area contributed by atoms with Gasteiger partial charge in [-0.05, 0) is 37.1 Å². The lowest BCUT2D eigenvalue weighted by molar-refractivity contribution is -0.121. The molecular weight excluding hydrogens is 894 g/mol. The molecule has 6 heterocycles. The fourth-order valence-corrected chi connectivity index (χ4v) is 10.1. The number of unbranched alkanes of at least 4 members (excludes halogenated alkanes) is 1. The van der Waals surface area contributed by atoms with Gasteiger partial charge in [-0.1, -0.05) is 28.0 Å². The number of amides is 3. The molecule has 3 fully saturated rings. The van der Waals surface area contributed by atoms with Gasteiger partial charge in [0, 0.05) is 52.8 Å². The Morgan fingerprint density at radius 3 is 2.63 bits per heavy atom. The molecule has 8 N–H and O–H groups in total. The Kier molecular flexibility index (Phi) is 15.4. The van der Waals surface area contributed by atoms with E-state index < -0.39 is 54.8 Å². The largest absolute Gasteiger partial charge is 0.513 e. The summed E-state index contributed by atoms with van der Waals surface area (Å²) in [5, 5.41) is 21.3. The molecule has 1 aromatic carbocycles. The highest BCUT2D eigenvalue weighted by molar-refractivity contribution is 8.76. The Labute approximate surface area is 369 Å². The van der Waals surface area contributed by atoms with Crippen molar-refractivity contribution < 1.29 is 56.8 Å². The first-order valence-corrected chi connectivity index (χ1v) is 23.2. The van der Waals surface area contributed by atoms with Crippen molar-refractivity contribution in [2.75, 3.05) is 54.4 Å². The molecule has 340 valence electrons. The van der Waals surface area contributed by atoms with Crippen LogP contribution in [0.3, 0.4) is 0 Å². The minimum absolute atomic E-state index is 0.00183. The second-order valence-corrected chi connectivity index (χ2v) is 18.3. The van der Waals surface area contributed by atoms with Gasteiger partial charge in [0.15, 0.2) is 12.4 Å². The third-order valence-corrected chi connectivity index (χ3v) is 13.8. The fraction of sp³-hybridized carbons (Fsp3) is 0.486. The number of hydrogen-bond donors (Lipinski definition) is 7. The van der Waals surface area contributed by atoms with Gasteiger partial charge in [-0.3, -0.25) is 14.4 Å². The highest BCUT2D eigenvalue weighted by Crippen LogP contribution is 2.34. The van der Waals surface area contributed by atoms with E-state index in [-0.39, 0.29) is 66.6 Å². The minimum atomic E-state index is -1.99. The lowest BCUT2D eigenvalue weighted by Gasteiger charge is -2.16. The Balaban J connectivity index is 0.739. The molecule has 4 aliphatic rings. The molecule has 0 radical (unpaired) electrons. The average molecular weight is 938 g/mol. The van der Waals surface area contributed by atoms with E-state index in [9.17, 15) is 38.3 Å². The SMILES string of the molecule is Nc1ccn([C@@H]2O[C@H](COC(=O)OCCSSCCOC(=O)Oc3ccc4cc(N5C=C(CNC(=O)CCCCC6SCC7NC(=O)NC76)NN5)c(=O)oc4c3)[C@@H](O)[C@H]2F)c(=O)n1. The van der Waals surface area contributed by atoms with Crippen molar-refractivity contribution >= 4 is 80.1 Å². The van der Waals surface area contributed by atoms with Gasteiger partial charge in [0.25, 0.3) is 0 Å². The number of nitrogens with two attached hydrogens (primary N) is 1. The minimum Gasteiger partial charge on any atom is -0.433 e. The number of carbonyl (C=O) groups excluding carboxylic acids is 4. The van der Waals surface area contributed by atoms with E-state index in [2.05, 4.69) is 31.9 Å². The lowest BCUT2D eigenvalue weighted by Crippen LogP contribution is -2.39. The lowest BCUT2D eigenvalue weighted by atomic mass is 10.0. The van der Waals surface area contributed by atoms with E-state index in [0.29, 0.717) is 34.3 Å². The van der Waals surface area contributed by atoms with E-state index in [4.69, 9.17) is 33.8 Å². The summed E-state index contributed by atoms with van der Waals surface area (Å²) in [7, 11) is 2.66. The van der Waals surface area contributed by atoms with Gasteiger partial charge >= 0.3 is 29.7 Å². The summed E-state index contributed by atoms with van der Waals surface area (Å²) < 4.78 is 46.6. The number of fused-ring (bicyclic) bond motifs is 2. The molecule has 7 rings (SSSR count). The number of aliphatic hydroxyl groups excluding tert-OH is 1. The molecule has 0 spiro atoms. The molecule has 3 amide bonds. The molecule has 26 heteroatoms. The van der Waals surface area contributed by atoms with Crippen LogP contribution in [0, 0.1) is 0 Å². The Morgan fingerprint density at radius 2 is 1.84 bits per heavy atom. The monoisotopic (exact) mass is 937 g/mol. The quantitative estimate of drug-likeness (QED) is 0.0225. The zero-order valence-electron chi connectivity index (χ0n) is 33.2. The van der Waals surface area contributed by atoms with Crippen LogP contribution in [0.4, 0.5) is 30.3 Å². The number of aliphatic hydroxyl groups is 1. The van der Waals surface area contributed by atoms with E-state index in [1.165, 1.54) is 51.0 Å². The maximum atomic E-state index is 14.6. The van der Waals surface area contributed by atoms with Crippen molar-refractivity contribution in [1.82, 2.24) is 36.5 Å². The number of anilines is 2. The third-order valence-electron chi connectivity index (χ3n) is 9.97. The number of rotatable bonds is 19. The van der Waals surface area contributed by atoms with Crippen LogP contribution >= 0.6 is 33.3 Å². The first-order valence-electron chi connectivity index (χ1n) is 19.7. The number of hydrogen-bond acceptors (Lipinski definition) is 21. The van der Waals surface area contributed by atoms with Crippen molar-refractivity contribution in [1.29, 1.82) is 0 Å². The van der Waals surface area contributed by atoms with Crippen LogP contribution in [0.25, 0.3) is 11.0 Å². The van der Waals surface area contributed by atoms with Gasteiger partial charge in [0.1, 0.15) is 54.9 Å². The van der Waals surface area contributed by atoms with Gasteiger partial charge in [-0.25, -0.2) is 28.4 Å². The molecule has 3 aromatic rings. The number of alkyl halides is 1. The Hall–Kier alpha value is -5.41. The summed E-state index contributed by atoms with van der Waals surface area (Å²) in [5.74, 6) is 1.55. The molecule has 0 aliphatic carbocycles. The predicted molar refractivity (Wildman–Crippen MR) is 228 cm³/mol. The molecule has 22 nitrogen and oxygen atoms in total. The summed E-state index contributed by atoms with van der Waals surface area (Å²) in [6.45, 7) is -0.356. The van der Waals surface area contributed by atoms with Crippen LogP contribution in [0.2, 0.25) is 0 Å². The van der Waals surface area contributed by atoms with Crippen molar-refractivity contribution in [3.63, 3.8) is 0 Å². The topological polar surface area (TPSA) is 289 Å². The van der Waals surface area contributed by atoms with E-state index >= 15 is 0 Å². The number of carbonyl (C=O) groups is 4. The average Bonchev–Trinajstić information content (AvgIpc) is 4.03. The van der Waals surface area contributed by atoms with Crippen molar-refractivity contribution in [2.24, 2.45) is 0 Å². The summed E-state index contributed by atoms with van der Waals surface area (Å²) in [5.41, 5.74) is 10.6. The van der Waals surface area contributed by atoms with Crippen LogP contribution in [0.5, 0.6) is 5.75 Å². The number of nitrogen functional groups attached to an aromatic ring is 1. The number of aromatic nitrogens is 2. The number of ether oxygens (including phenoxy) is 5. The number of nitrogens with one attached hydrogen (secondary N) is 5. The van der Waals surface area contributed by atoms with Crippen molar-refractivity contribution in [2.45, 2.75) is 67.6 Å². The van der Waals surface area contributed by atoms with Gasteiger partial charge < -0.3 is 60.3 Å². The van der Waals surface area contributed by atoms with Gasteiger partial charge in [0.05, 0.1) is 24.3 Å². The van der Waals surface area contributed by atoms with Crippen LogP contribution in [0.1, 0.15) is 31.9 Å². The summed E-state index contributed by atoms with van der Waals surface area (Å²) >= 11 is 1.85. The maximum Gasteiger partial charge on any atom is 0.513 e. The molecule has 0 saturated carbocycles. The molecule has 4 aliphatic heterocycles. The smallest absolute Gasteiger partial charge is 0.433 e. The predicted octanol–water partition coefficient (Wildman–Crippen LogP) is 1.79. The number of halogens is 1. The van der Waals surface area contributed by atoms with Gasteiger partial charge in [-0.2, -0.15) is 16.7 Å². The number of nitrogens with zero attached hydrogens (tertiary/aromatic N) is 3. The highest BCUT2D eigenvalue weighted by atomic mass is 33.1. The third kappa shape index (κ3) is 12.0. The van der Waals surface area contributed by atoms with Crippen molar-refractivity contribution in [3.05, 3.63) is 69.3 Å². The van der Waals surface area contributed by atoms with Gasteiger partial charge in [-0.15, -0.1) is 5.53 Å². The molecule has 2 aromatic heterocycles. The number of hydrazine groups is 2. The fourth-order valence-electron chi connectivity index (χ4n) is 6.88. The Morgan fingerprint density at radius 1 is 1.05 bits per heavy atom. The van der Waals surface area contributed by atoms with Crippen LogP contribution in [-0.4, -0.2) is 118 Å². The molecule has 0 bridgehead atoms. The summed E-state index contributed by atoms with van der Waals surface area (Å²) in [4.78, 5) is 76.8.